The second-order valence-corrected chi connectivity index (χ2v) is 5.66. The van der Waals surface area contributed by atoms with Gasteiger partial charge in [0.2, 0.25) is 0 Å². The number of β-amino-alcohol motifs (C(OH)–C–C–N with tert-alkyl or cyclic N) is 1. The standard InChI is InChI=1S/C14H21NO2/c1-14(2,3)10-5-4-6-11(7-10)17-13-9-15-8-12(13)16/h4-7,12-13,15-16H,8-9H2,1-3H3. The molecule has 1 fully saturated rings. The van der Waals surface area contributed by atoms with E-state index in [2.05, 4.69) is 38.2 Å². The molecule has 0 saturated carbocycles. The van der Waals surface area contributed by atoms with Crippen molar-refractivity contribution in [2.45, 2.75) is 38.4 Å². The van der Waals surface area contributed by atoms with Gasteiger partial charge in [0, 0.05) is 13.1 Å². The highest BCUT2D eigenvalue weighted by molar-refractivity contribution is 5.32. The van der Waals surface area contributed by atoms with E-state index < -0.39 is 6.10 Å². The van der Waals surface area contributed by atoms with Gasteiger partial charge in [-0.1, -0.05) is 32.9 Å². The van der Waals surface area contributed by atoms with E-state index in [1.165, 1.54) is 5.56 Å². The highest BCUT2D eigenvalue weighted by Crippen LogP contribution is 2.26. The Balaban J connectivity index is 2.11. The summed E-state index contributed by atoms with van der Waals surface area (Å²) in [5.74, 6) is 0.838. The second kappa shape index (κ2) is 4.67. The molecule has 2 rings (SSSR count). The zero-order valence-electron chi connectivity index (χ0n) is 10.7. The van der Waals surface area contributed by atoms with E-state index >= 15 is 0 Å². The minimum absolute atomic E-state index is 0.117. The summed E-state index contributed by atoms with van der Waals surface area (Å²) in [6.07, 6.45) is -0.543. The van der Waals surface area contributed by atoms with Crippen LogP contribution in [0.5, 0.6) is 5.75 Å². The molecule has 2 N–H and O–H groups in total. The highest BCUT2D eigenvalue weighted by atomic mass is 16.5. The third-order valence-corrected chi connectivity index (χ3v) is 3.12. The van der Waals surface area contributed by atoms with Crippen molar-refractivity contribution in [3.8, 4) is 5.75 Å². The maximum absolute atomic E-state index is 9.69. The Morgan fingerprint density at radius 2 is 2.06 bits per heavy atom. The average Bonchev–Trinajstić information content (AvgIpc) is 2.64. The zero-order chi connectivity index (χ0) is 12.5. The first kappa shape index (κ1) is 12.4. The fraction of sp³-hybridized carbons (Fsp3) is 0.571. The lowest BCUT2D eigenvalue weighted by Crippen LogP contribution is -2.29. The molecule has 3 heteroatoms. The molecule has 1 aliphatic heterocycles. The molecule has 1 saturated heterocycles. The SMILES string of the molecule is CC(C)(C)c1cccc(OC2CNCC2O)c1. The molecule has 2 atom stereocenters. The van der Waals surface area contributed by atoms with Gasteiger partial charge >= 0.3 is 0 Å². The van der Waals surface area contributed by atoms with E-state index in [-0.39, 0.29) is 11.5 Å². The molecule has 1 heterocycles. The smallest absolute Gasteiger partial charge is 0.138 e. The van der Waals surface area contributed by atoms with Crippen molar-refractivity contribution in [1.82, 2.24) is 5.32 Å². The number of benzene rings is 1. The lowest BCUT2D eigenvalue weighted by Gasteiger charge is -2.21. The number of ether oxygens (including phenoxy) is 1. The van der Waals surface area contributed by atoms with Crippen LogP contribution in [-0.2, 0) is 5.41 Å². The Labute approximate surface area is 103 Å². The Morgan fingerprint density at radius 1 is 1.29 bits per heavy atom. The van der Waals surface area contributed by atoms with Crippen LogP contribution in [0.25, 0.3) is 0 Å². The van der Waals surface area contributed by atoms with Gasteiger partial charge in [0.15, 0.2) is 0 Å². The Hall–Kier alpha value is -1.06. The average molecular weight is 235 g/mol. The Morgan fingerprint density at radius 3 is 2.65 bits per heavy atom. The van der Waals surface area contributed by atoms with Gasteiger partial charge < -0.3 is 15.2 Å². The number of aliphatic hydroxyl groups is 1. The summed E-state index contributed by atoms with van der Waals surface area (Å²) in [6, 6.07) is 8.12. The van der Waals surface area contributed by atoms with Crippen molar-refractivity contribution in [1.29, 1.82) is 0 Å². The molecule has 94 valence electrons. The molecule has 0 amide bonds. The molecule has 0 bridgehead atoms. The number of hydrogen-bond donors (Lipinski definition) is 2. The number of nitrogens with one attached hydrogen (secondary N) is 1. The molecule has 0 radical (unpaired) electrons. The van der Waals surface area contributed by atoms with Crippen LogP contribution in [0.4, 0.5) is 0 Å². The summed E-state index contributed by atoms with van der Waals surface area (Å²) in [7, 11) is 0. The molecular formula is C14H21NO2. The van der Waals surface area contributed by atoms with Crippen LogP contribution < -0.4 is 10.1 Å². The minimum Gasteiger partial charge on any atom is -0.486 e. The fourth-order valence-electron chi connectivity index (χ4n) is 1.97. The van der Waals surface area contributed by atoms with Crippen LogP contribution in [-0.4, -0.2) is 30.4 Å². The van der Waals surface area contributed by atoms with Crippen molar-refractivity contribution in [3.63, 3.8) is 0 Å². The topological polar surface area (TPSA) is 41.5 Å². The van der Waals surface area contributed by atoms with Crippen LogP contribution in [0.15, 0.2) is 24.3 Å². The highest BCUT2D eigenvalue weighted by Gasteiger charge is 2.26. The Bertz CT molecular complexity index is 384. The molecule has 0 aromatic heterocycles. The molecule has 1 aromatic carbocycles. The zero-order valence-corrected chi connectivity index (χ0v) is 10.7. The van der Waals surface area contributed by atoms with Crippen LogP contribution >= 0.6 is 0 Å². The second-order valence-electron chi connectivity index (χ2n) is 5.66. The molecule has 1 aromatic rings. The van der Waals surface area contributed by atoms with Crippen LogP contribution in [0.1, 0.15) is 26.3 Å². The molecule has 0 aliphatic carbocycles. The van der Waals surface area contributed by atoms with Gasteiger partial charge in [-0.2, -0.15) is 0 Å². The number of hydrogen-bond acceptors (Lipinski definition) is 3. The first-order valence-electron chi connectivity index (χ1n) is 6.13. The molecule has 0 spiro atoms. The lowest BCUT2D eigenvalue weighted by molar-refractivity contribution is 0.0736. The van der Waals surface area contributed by atoms with Gasteiger partial charge in [-0.3, -0.25) is 0 Å². The molecule has 1 aliphatic rings. The first-order chi connectivity index (χ1) is 7.97. The molecule has 2 unspecified atom stereocenters. The van der Waals surface area contributed by atoms with E-state index in [4.69, 9.17) is 4.74 Å². The summed E-state index contributed by atoms with van der Waals surface area (Å²) in [5, 5.41) is 12.8. The maximum Gasteiger partial charge on any atom is 0.138 e. The van der Waals surface area contributed by atoms with E-state index in [0.29, 0.717) is 13.1 Å². The summed E-state index contributed by atoms with van der Waals surface area (Å²) >= 11 is 0. The van der Waals surface area contributed by atoms with Crippen molar-refractivity contribution in [3.05, 3.63) is 29.8 Å². The van der Waals surface area contributed by atoms with E-state index in [1.807, 2.05) is 12.1 Å². The van der Waals surface area contributed by atoms with Crippen molar-refractivity contribution >= 4 is 0 Å². The molecule has 3 nitrogen and oxygen atoms in total. The van der Waals surface area contributed by atoms with Gasteiger partial charge in [-0.05, 0) is 23.1 Å². The predicted molar refractivity (Wildman–Crippen MR) is 68.4 cm³/mol. The van der Waals surface area contributed by atoms with E-state index in [1.54, 1.807) is 0 Å². The summed E-state index contributed by atoms with van der Waals surface area (Å²) in [4.78, 5) is 0. The monoisotopic (exact) mass is 235 g/mol. The summed E-state index contributed by atoms with van der Waals surface area (Å²) in [6.45, 7) is 7.86. The van der Waals surface area contributed by atoms with Crippen LogP contribution in [0, 0.1) is 0 Å². The lowest BCUT2D eigenvalue weighted by atomic mass is 9.87. The third kappa shape index (κ3) is 2.99. The van der Waals surface area contributed by atoms with Crippen molar-refractivity contribution in [2.24, 2.45) is 0 Å². The van der Waals surface area contributed by atoms with Gasteiger partial charge in [0.1, 0.15) is 18.0 Å². The van der Waals surface area contributed by atoms with Crippen molar-refractivity contribution < 1.29 is 9.84 Å². The summed E-state index contributed by atoms with van der Waals surface area (Å²) < 4.78 is 5.81. The Kier molecular flexibility index (Phi) is 3.40. The quantitative estimate of drug-likeness (QED) is 0.819. The van der Waals surface area contributed by atoms with Gasteiger partial charge in [0.25, 0.3) is 0 Å². The third-order valence-electron chi connectivity index (χ3n) is 3.12. The van der Waals surface area contributed by atoms with Crippen LogP contribution in [0.2, 0.25) is 0 Å². The largest absolute Gasteiger partial charge is 0.486 e. The molecule has 17 heavy (non-hydrogen) atoms. The minimum atomic E-state index is -0.409. The van der Waals surface area contributed by atoms with Crippen LogP contribution in [0.3, 0.4) is 0 Å². The number of rotatable bonds is 2. The van der Waals surface area contributed by atoms with E-state index in [0.717, 1.165) is 5.75 Å². The summed E-state index contributed by atoms with van der Waals surface area (Å²) in [5.41, 5.74) is 1.36. The van der Waals surface area contributed by atoms with E-state index in [9.17, 15) is 5.11 Å². The maximum atomic E-state index is 9.69. The fourth-order valence-corrected chi connectivity index (χ4v) is 1.97. The molecular weight excluding hydrogens is 214 g/mol. The number of aliphatic hydroxyl groups excluding tert-OH is 1. The normalized spacial score (nSPS) is 24.9. The van der Waals surface area contributed by atoms with Crippen molar-refractivity contribution in [2.75, 3.05) is 13.1 Å². The van der Waals surface area contributed by atoms with Gasteiger partial charge in [-0.25, -0.2) is 0 Å². The predicted octanol–water partition coefficient (Wildman–Crippen LogP) is 1.70. The first-order valence-corrected chi connectivity index (χ1v) is 6.13. The van der Waals surface area contributed by atoms with Gasteiger partial charge in [0.05, 0.1) is 0 Å². The van der Waals surface area contributed by atoms with Gasteiger partial charge in [-0.15, -0.1) is 0 Å².